The van der Waals surface area contributed by atoms with Crippen LogP contribution in [0.2, 0.25) is 0 Å². The van der Waals surface area contributed by atoms with Gasteiger partial charge in [-0.25, -0.2) is 15.0 Å². The third-order valence-electron chi connectivity index (χ3n) is 2.68. The lowest BCUT2D eigenvalue weighted by atomic mass is 10.2. The molecule has 6 heteroatoms. The molecule has 1 aromatic heterocycles. The van der Waals surface area contributed by atoms with E-state index in [1.54, 1.807) is 18.7 Å². The Morgan fingerprint density at radius 2 is 2.06 bits per heavy atom. The quantitative estimate of drug-likeness (QED) is 0.766. The van der Waals surface area contributed by atoms with Gasteiger partial charge in [-0.3, -0.25) is 0 Å². The topological polar surface area (TPSA) is 78.1 Å². The van der Waals surface area contributed by atoms with Crippen molar-refractivity contribution in [2.45, 2.75) is 0 Å². The summed E-state index contributed by atoms with van der Waals surface area (Å²) >= 11 is 0. The zero-order valence-corrected chi connectivity index (χ0v) is 8.62. The summed E-state index contributed by atoms with van der Waals surface area (Å²) in [5.74, 6) is 0.651. The van der Waals surface area contributed by atoms with Crippen LogP contribution in [-0.2, 0) is 0 Å². The highest BCUT2D eigenvalue weighted by molar-refractivity contribution is 6.01. The van der Waals surface area contributed by atoms with Gasteiger partial charge in [0.1, 0.15) is 5.69 Å². The number of aromatic nitrogens is 2. The van der Waals surface area contributed by atoms with Gasteiger partial charge >= 0.3 is 0 Å². The Morgan fingerprint density at radius 3 is 2.94 bits per heavy atom. The largest absolute Gasteiger partial charge is 0.342 e. The Hall–Kier alpha value is -2.63. The molecule has 0 saturated carbocycles. The van der Waals surface area contributed by atoms with Gasteiger partial charge in [-0.15, -0.1) is 0 Å². The van der Waals surface area contributed by atoms with E-state index in [9.17, 15) is 0 Å². The van der Waals surface area contributed by atoms with Crippen LogP contribution in [0.3, 0.4) is 0 Å². The van der Waals surface area contributed by atoms with Crippen LogP contribution in [0.25, 0.3) is 6.20 Å². The second kappa shape index (κ2) is 2.94. The summed E-state index contributed by atoms with van der Waals surface area (Å²) < 4.78 is 0. The second-order valence-electron chi connectivity index (χ2n) is 3.76. The number of nitrogens with zero attached hydrogens (tertiary/aromatic N) is 5. The summed E-state index contributed by atoms with van der Waals surface area (Å²) in [6, 6.07) is 3.84. The van der Waals surface area contributed by atoms with Gasteiger partial charge in [0.25, 0.3) is 0 Å². The zero-order valence-electron chi connectivity index (χ0n) is 8.62. The molecule has 0 unspecified atom stereocenters. The van der Waals surface area contributed by atoms with E-state index in [1.807, 2.05) is 12.1 Å². The van der Waals surface area contributed by atoms with Crippen molar-refractivity contribution in [3.05, 3.63) is 40.9 Å². The lowest BCUT2D eigenvalue weighted by Gasteiger charge is -1.90. The molecule has 0 aliphatic carbocycles. The molecule has 0 fully saturated rings. The van der Waals surface area contributed by atoms with Crippen molar-refractivity contribution in [2.24, 2.45) is 20.2 Å². The van der Waals surface area contributed by atoms with Crippen LogP contribution in [0, 0.1) is 0 Å². The SMILES string of the molecule is C1=c2cc3c(cc2N=N1)=NC(c1cnc[nH]1)=N3. The van der Waals surface area contributed by atoms with Gasteiger partial charge in [0.2, 0.25) is 0 Å². The maximum atomic E-state index is 4.45. The van der Waals surface area contributed by atoms with E-state index in [0.717, 1.165) is 27.6 Å². The van der Waals surface area contributed by atoms with Crippen molar-refractivity contribution in [3.63, 3.8) is 0 Å². The molecule has 0 spiro atoms. The fourth-order valence-electron chi connectivity index (χ4n) is 1.86. The van der Waals surface area contributed by atoms with E-state index in [2.05, 4.69) is 30.2 Å². The highest BCUT2D eigenvalue weighted by Crippen LogP contribution is 2.17. The highest BCUT2D eigenvalue weighted by Gasteiger charge is 2.13. The Bertz CT molecular complexity index is 782. The minimum Gasteiger partial charge on any atom is -0.342 e. The number of aliphatic imine (C=N–C) groups is 1. The third-order valence-corrected chi connectivity index (χ3v) is 2.68. The van der Waals surface area contributed by atoms with Gasteiger partial charge in [0.05, 0.1) is 35.5 Å². The van der Waals surface area contributed by atoms with E-state index >= 15 is 0 Å². The molecule has 4 rings (SSSR count). The first-order valence-electron chi connectivity index (χ1n) is 5.11. The Labute approximate surface area is 95.2 Å². The van der Waals surface area contributed by atoms with Gasteiger partial charge in [-0.2, -0.15) is 10.2 Å². The number of amidine groups is 1. The third kappa shape index (κ3) is 1.17. The molecule has 80 valence electrons. The van der Waals surface area contributed by atoms with Crippen LogP contribution in [0.1, 0.15) is 5.69 Å². The number of azo groups is 1. The molecule has 0 atom stereocenters. The van der Waals surface area contributed by atoms with Crippen molar-refractivity contribution >= 4 is 23.4 Å². The normalized spacial score (nSPS) is 14.9. The monoisotopic (exact) mass is 222 g/mol. The number of nitrogens with one attached hydrogen (secondary N) is 1. The summed E-state index contributed by atoms with van der Waals surface area (Å²) in [5.41, 5.74) is 2.50. The molecule has 1 N–H and O–H groups in total. The predicted octanol–water partition coefficient (Wildman–Crippen LogP) is 0.957. The average Bonchev–Trinajstić information content (AvgIpc) is 3.05. The molecule has 0 amide bonds. The summed E-state index contributed by atoms with van der Waals surface area (Å²) in [5, 5.41) is 9.66. The van der Waals surface area contributed by atoms with Crippen LogP contribution in [0.4, 0.5) is 11.4 Å². The number of hydrogen-bond donors (Lipinski definition) is 1. The maximum absolute atomic E-state index is 4.45. The average molecular weight is 222 g/mol. The predicted molar refractivity (Wildman–Crippen MR) is 61.0 cm³/mol. The number of aromatic amines is 1. The van der Waals surface area contributed by atoms with Gasteiger partial charge in [0.15, 0.2) is 5.84 Å². The standard InChI is InChI=1S/C11H6N6/c1-6-3-14-17-7(6)2-9-8(1)15-11(16-9)10-4-12-5-13-10/h1-5H,(H,12,13). The number of hydrogen-bond acceptors (Lipinski definition) is 5. The molecule has 17 heavy (non-hydrogen) atoms. The van der Waals surface area contributed by atoms with Crippen LogP contribution in [0.15, 0.2) is 44.9 Å². The molecule has 2 aliphatic rings. The lowest BCUT2D eigenvalue weighted by Crippen LogP contribution is -2.06. The summed E-state index contributed by atoms with van der Waals surface area (Å²) in [6.07, 6.45) is 5.03. The molecule has 0 saturated heterocycles. The Balaban J connectivity index is 1.93. The first kappa shape index (κ1) is 8.51. The minimum absolute atomic E-state index is 0.651. The van der Waals surface area contributed by atoms with Crippen molar-refractivity contribution < 1.29 is 0 Å². The second-order valence-corrected chi connectivity index (χ2v) is 3.76. The fourth-order valence-corrected chi connectivity index (χ4v) is 1.86. The number of benzene rings is 1. The number of imidazole rings is 1. The lowest BCUT2D eigenvalue weighted by molar-refractivity contribution is 1.29. The van der Waals surface area contributed by atoms with Gasteiger partial charge in [-0.1, -0.05) is 0 Å². The number of rotatable bonds is 1. The molecule has 3 heterocycles. The van der Waals surface area contributed by atoms with Crippen molar-refractivity contribution in [1.82, 2.24) is 9.97 Å². The molecule has 2 aliphatic heterocycles. The van der Waals surface area contributed by atoms with Gasteiger partial charge < -0.3 is 4.98 Å². The van der Waals surface area contributed by atoms with E-state index in [1.165, 1.54) is 0 Å². The Morgan fingerprint density at radius 1 is 1.06 bits per heavy atom. The van der Waals surface area contributed by atoms with E-state index in [4.69, 9.17) is 0 Å². The summed E-state index contributed by atoms with van der Waals surface area (Å²) in [4.78, 5) is 15.8. The fraction of sp³-hybridized carbons (Fsp3) is 0. The van der Waals surface area contributed by atoms with Crippen LogP contribution in [0.5, 0.6) is 0 Å². The molecule has 0 radical (unpaired) electrons. The van der Waals surface area contributed by atoms with Gasteiger partial charge in [-0.05, 0) is 12.1 Å². The van der Waals surface area contributed by atoms with Gasteiger partial charge in [0, 0.05) is 5.22 Å². The molecule has 6 nitrogen and oxygen atoms in total. The zero-order chi connectivity index (χ0) is 11.2. The van der Waals surface area contributed by atoms with Crippen LogP contribution in [-0.4, -0.2) is 15.8 Å². The molecular weight excluding hydrogens is 216 g/mol. The Kier molecular flexibility index (Phi) is 1.47. The maximum Gasteiger partial charge on any atom is 0.178 e. The number of H-pyrrole nitrogens is 1. The first-order valence-corrected chi connectivity index (χ1v) is 5.11. The van der Waals surface area contributed by atoms with E-state index in [-0.39, 0.29) is 0 Å². The smallest absolute Gasteiger partial charge is 0.178 e. The molecule has 1 aromatic carbocycles. The van der Waals surface area contributed by atoms with Crippen molar-refractivity contribution in [1.29, 1.82) is 0 Å². The molecule has 0 bridgehead atoms. The van der Waals surface area contributed by atoms with E-state index < -0.39 is 0 Å². The minimum atomic E-state index is 0.651. The van der Waals surface area contributed by atoms with Crippen LogP contribution < -0.4 is 10.6 Å². The summed E-state index contributed by atoms with van der Waals surface area (Å²) in [6.45, 7) is 0. The van der Waals surface area contributed by atoms with Crippen molar-refractivity contribution in [3.8, 4) is 0 Å². The summed E-state index contributed by atoms with van der Waals surface area (Å²) in [7, 11) is 0. The molecule has 2 aromatic rings. The molecular formula is C11H6N6. The van der Waals surface area contributed by atoms with Crippen molar-refractivity contribution in [2.75, 3.05) is 0 Å². The highest BCUT2D eigenvalue weighted by atomic mass is 15.1. The van der Waals surface area contributed by atoms with E-state index in [0.29, 0.717) is 5.84 Å². The number of fused-ring (bicyclic) bond motifs is 2. The first-order chi connectivity index (χ1) is 8.40. The van der Waals surface area contributed by atoms with Crippen LogP contribution >= 0.6 is 0 Å².